The molecule has 5 heteroatoms. The van der Waals surface area contributed by atoms with Crippen LogP contribution in [0.3, 0.4) is 0 Å². The Morgan fingerprint density at radius 1 is 1.00 bits per heavy atom. The van der Waals surface area contributed by atoms with Crippen LogP contribution in [0.2, 0.25) is 0 Å². The highest BCUT2D eigenvalue weighted by Gasteiger charge is 2.25. The molecule has 2 rings (SSSR count). The molecule has 0 atom stereocenters. The Bertz CT molecular complexity index is 830. The quantitative estimate of drug-likeness (QED) is 0.783. The second-order valence-corrected chi connectivity index (χ2v) is 8.94. The van der Waals surface area contributed by atoms with E-state index in [9.17, 15) is 8.42 Å². The van der Waals surface area contributed by atoms with E-state index in [1.165, 1.54) is 4.31 Å². The molecule has 0 saturated heterocycles. The number of hydrogen-bond acceptors (Lipinski definition) is 3. The predicted octanol–water partition coefficient (Wildman–Crippen LogP) is 4.09. The molecule has 0 amide bonds. The maximum Gasteiger partial charge on any atom is 0.243 e. The molecule has 0 aliphatic carbocycles. The first-order valence-electron chi connectivity index (χ1n) is 8.27. The van der Waals surface area contributed by atoms with E-state index in [0.29, 0.717) is 0 Å². The molecule has 2 aromatic rings. The molecule has 0 bridgehead atoms. The van der Waals surface area contributed by atoms with Gasteiger partial charge in [0.15, 0.2) is 0 Å². The molecular formula is C20H24N2O2S. The van der Waals surface area contributed by atoms with Crippen molar-refractivity contribution in [1.82, 2.24) is 4.31 Å². The zero-order chi connectivity index (χ0) is 18.5. The minimum atomic E-state index is -3.65. The summed E-state index contributed by atoms with van der Waals surface area (Å²) in [5, 5.41) is 8.87. The van der Waals surface area contributed by atoms with Crippen molar-refractivity contribution in [3.8, 4) is 6.07 Å². The molecule has 25 heavy (non-hydrogen) atoms. The summed E-state index contributed by atoms with van der Waals surface area (Å²) in [6, 6.07) is 18.5. The number of nitriles is 1. The lowest BCUT2D eigenvalue weighted by Gasteiger charge is -2.23. The Hall–Kier alpha value is -2.16. The van der Waals surface area contributed by atoms with Crippen LogP contribution in [-0.4, -0.2) is 19.3 Å². The third-order valence-corrected chi connectivity index (χ3v) is 5.89. The van der Waals surface area contributed by atoms with E-state index in [0.717, 1.165) is 11.1 Å². The molecule has 0 fully saturated rings. The van der Waals surface area contributed by atoms with Crippen LogP contribution in [0.1, 0.15) is 38.3 Å². The van der Waals surface area contributed by atoms with Gasteiger partial charge in [-0.15, -0.1) is 0 Å². The maximum absolute atomic E-state index is 13.0. The fourth-order valence-corrected chi connectivity index (χ4v) is 3.95. The third-order valence-electron chi connectivity index (χ3n) is 4.03. The zero-order valence-electron chi connectivity index (χ0n) is 14.9. The molecule has 4 nitrogen and oxygen atoms in total. The SMILES string of the molecule is CC(C)(C)c1ccc(S(=O)(=O)N(CCC#N)Cc2ccccc2)cc1. The zero-order valence-corrected chi connectivity index (χ0v) is 15.8. The van der Waals surface area contributed by atoms with E-state index in [1.54, 1.807) is 12.1 Å². The Morgan fingerprint density at radius 2 is 1.60 bits per heavy atom. The standard InChI is InChI=1S/C20H24N2O2S/c1-20(2,3)18-10-12-19(13-11-18)25(23,24)22(15-7-14-21)16-17-8-5-4-6-9-17/h4-6,8-13H,7,15-16H2,1-3H3. The first-order valence-corrected chi connectivity index (χ1v) is 9.71. The highest BCUT2D eigenvalue weighted by molar-refractivity contribution is 7.89. The van der Waals surface area contributed by atoms with E-state index >= 15 is 0 Å². The van der Waals surface area contributed by atoms with Crippen molar-refractivity contribution in [3.05, 3.63) is 65.7 Å². The molecule has 0 spiro atoms. The van der Waals surface area contributed by atoms with Gasteiger partial charge in [-0.25, -0.2) is 8.42 Å². The van der Waals surface area contributed by atoms with Crippen molar-refractivity contribution >= 4 is 10.0 Å². The molecule has 2 aromatic carbocycles. The maximum atomic E-state index is 13.0. The van der Waals surface area contributed by atoms with Gasteiger partial charge >= 0.3 is 0 Å². The van der Waals surface area contributed by atoms with Crippen LogP contribution < -0.4 is 0 Å². The van der Waals surface area contributed by atoms with Gasteiger partial charge in [0.25, 0.3) is 0 Å². The van der Waals surface area contributed by atoms with E-state index in [1.807, 2.05) is 48.5 Å². The van der Waals surface area contributed by atoms with Crippen LogP contribution in [0.5, 0.6) is 0 Å². The third kappa shape index (κ3) is 4.91. The van der Waals surface area contributed by atoms with Gasteiger partial charge in [0, 0.05) is 19.5 Å². The molecule has 0 unspecified atom stereocenters. The summed E-state index contributed by atoms with van der Waals surface area (Å²) in [5.74, 6) is 0. The largest absolute Gasteiger partial charge is 0.243 e. The van der Waals surface area contributed by atoms with E-state index in [4.69, 9.17) is 5.26 Å². The minimum absolute atomic E-state index is 0.0349. The van der Waals surface area contributed by atoms with E-state index in [2.05, 4.69) is 20.8 Å². The Kier molecular flexibility index (Phi) is 5.99. The highest BCUT2D eigenvalue weighted by atomic mass is 32.2. The van der Waals surface area contributed by atoms with Gasteiger partial charge < -0.3 is 0 Å². The van der Waals surface area contributed by atoms with Crippen LogP contribution >= 0.6 is 0 Å². The average molecular weight is 356 g/mol. The van der Waals surface area contributed by atoms with Gasteiger partial charge in [0.2, 0.25) is 10.0 Å². The molecule has 0 N–H and O–H groups in total. The van der Waals surface area contributed by atoms with Crippen molar-refractivity contribution < 1.29 is 8.42 Å². The Labute approximate surface area is 150 Å². The fourth-order valence-electron chi connectivity index (χ4n) is 2.52. The van der Waals surface area contributed by atoms with Crippen LogP contribution in [0.15, 0.2) is 59.5 Å². The van der Waals surface area contributed by atoms with E-state index < -0.39 is 10.0 Å². The van der Waals surface area contributed by atoms with Crippen LogP contribution in [-0.2, 0) is 22.0 Å². The lowest BCUT2D eigenvalue weighted by atomic mass is 9.87. The molecule has 132 valence electrons. The van der Waals surface area contributed by atoms with Gasteiger partial charge in [-0.1, -0.05) is 63.2 Å². The predicted molar refractivity (Wildman–Crippen MR) is 99.4 cm³/mol. The summed E-state index contributed by atoms with van der Waals surface area (Å²) in [7, 11) is -3.65. The number of hydrogen-bond donors (Lipinski definition) is 0. The first kappa shape index (κ1) is 19.2. The van der Waals surface area contributed by atoms with Crippen molar-refractivity contribution in [2.24, 2.45) is 0 Å². The van der Waals surface area contributed by atoms with Crippen molar-refractivity contribution in [3.63, 3.8) is 0 Å². The normalized spacial score (nSPS) is 12.1. The molecule has 0 aliphatic rings. The summed E-state index contributed by atoms with van der Waals surface area (Å²) in [5.41, 5.74) is 1.95. The summed E-state index contributed by atoms with van der Waals surface area (Å²) >= 11 is 0. The lowest BCUT2D eigenvalue weighted by Crippen LogP contribution is -2.31. The minimum Gasteiger partial charge on any atom is -0.207 e. The molecular weight excluding hydrogens is 332 g/mol. The van der Waals surface area contributed by atoms with Crippen LogP contribution in [0.25, 0.3) is 0 Å². The summed E-state index contributed by atoms with van der Waals surface area (Å²) < 4.78 is 27.4. The van der Waals surface area contributed by atoms with Crippen LogP contribution in [0.4, 0.5) is 0 Å². The summed E-state index contributed by atoms with van der Waals surface area (Å²) in [4.78, 5) is 0.259. The monoisotopic (exact) mass is 356 g/mol. The van der Waals surface area contributed by atoms with Crippen molar-refractivity contribution in [2.75, 3.05) is 6.54 Å². The second-order valence-electron chi connectivity index (χ2n) is 7.01. The van der Waals surface area contributed by atoms with Crippen molar-refractivity contribution in [1.29, 1.82) is 5.26 Å². The highest BCUT2D eigenvalue weighted by Crippen LogP contribution is 2.25. The number of sulfonamides is 1. The first-order chi connectivity index (χ1) is 11.7. The van der Waals surface area contributed by atoms with Gasteiger partial charge in [0.05, 0.1) is 11.0 Å². The summed E-state index contributed by atoms with van der Waals surface area (Å²) in [6.07, 6.45) is 0.159. The number of rotatable bonds is 6. The molecule has 0 radical (unpaired) electrons. The summed E-state index contributed by atoms with van der Waals surface area (Å²) in [6.45, 7) is 6.70. The lowest BCUT2D eigenvalue weighted by molar-refractivity contribution is 0.413. The molecule has 0 aliphatic heterocycles. The molecule has 0 heterocycles. The topological polar surface area (TPSA) is 61.2 Å². The smallest absolute Gasteiger partial charge is 0.207 e. The number of benzene rings is 2. The molecule has 0 saturated carbocycles. The van der Waals surface area contributed by atoms with E-state index in [-0.39, 0.29) is 29.8 Å². The van der Waals surface area contributed by atoms with Crippen LogP contribution in [0, 0.1) is 11.3 Å². The molecule has 0 aromatic heterocycles. The van der Waals surface area contributed by atoms with Gasteiger partial charge in [-0.2, -0.15) is 9.57 Å². The Balaban J connectivity index is 2.32. The van der Waals surface area contributed by atoms with Gasteiger partial charge in [-0.3, -0.25) is 0 Å². The average Bonchev–Trinajstić information content (AvgIpc) is 2.58. The fraction of sp³-hybridized carbons (Fsp3) is 0.350. The van der Waals surface area contributed by atoms with Gasteiger partial charge in [-0.05, 0) is 28.7 Å². The Morgan fingerprint density at radius 3 is 2.12 bits per heavy atom. The van der Waals surface area contributed by atoms with Gasteiger partial charge in [0.1, 0.15) is 0 Å². The number of nitrogens with zero attached hydrogens (tertiary/aromatic N) is 2. The second kappa shape index (κ2) is 7.81. The van der Waals surface area contributed by atoms with Crippen molar-refractivity contribution in [2.45, 2.75) is 44.0 Å².